The number of benzene rings is 1. The van der Waals surface area contributed by atoms with Crippen LogP contribution in [0.4, 0.5) is 0 Å². The monoisotopic (exact) mass is 231 g/mol. The van der Waals surface area contributed by atoms with E-state index in [4.69, 9.17) is 5.11 Å². The zero-order chi connectivity index (χ0) is 12.4. The van der Waals surface area contributed by atoms with Crippen LogP contribution >= 0.6 is 0 Å². The number of carboxylic acids is 1. The lowest BCUT2D eigenvalue weighted by Gasteiger charge is -2.06. The SMILES string of the molecule is Cc1ccccc1-n1nnc(CC(=O)O)c1C. The third kappa shape index (κ3) is 2.18. The normalized spacial score (nSPS) is 10.5. The zero-order valence-electron chi connectivity index (χ0n) is 9.71. The number of hydrogen-bond acceptors (Lipinski definition) is 3. The summed E-state index contributed by atoms with van der Waals surface area (Å²) in [6.45, 7) is 3.80. The minimum Gasteiger partial charge on any atom is -0.481 e. The van der Waals surface area contributed by atoms with Crippen molar-refractivity contribution < 1.29 is 9.90 Å². The van der Waals surface area contributed by atoms with Crippen molar-refractivity contribution in [1.29, 1.82) is 0 Å². The number of aromatic nitrogens is 3. The minimum absolute atomic E-state index is 0.0995. The van der Waals surface area contributed by atoms with E-state index in [0.29, 0.717) is 5.69 Å². The maximum absolute atomic E-state index is 10.7. The maximum atomic E-state index is 10.7. The van der Waals surface area contributed by atoms with Gasteiger partial charge >= 0.3 is 5.97 Å². The number of rotatable bonds is 3. The number of para-hydroxylation sites is 1. The highest BCUT2D eigenvalue weighted by Crippen LogP contribution is 2.16. The van der Waals surface area contributed by atoms with Crippen LogP contribution in [0.15, 0.2) is 24.3 Å². The van der Waals surface area contributed by atoms with E-state index in [1.807, 2.05) is 38.1 Å². The minimum atomic E-state index is -0.898. The lowest BCUT2D eigenvalue weighted by Crippen LogP contribution is -2.04. The molecule has 0 fully saturated rings. The summed E-state index contributed by atoms with van der Waals surface area (Å²) >= 11 is 0. The molecule has 0 unspecified atom stereocenters. The molecule has 0 spiro atoms. The molecule has 0 saturated heterocycles. The molecule has 0 radical (unpaired) electrons. The fourth-order valence-electron chi connectivity index (χ4n) is 1.70. The van der Waals surface area contributed by atoms with Gasteiger partial charge in [-0.3, -0.25) is 4.79 Å². The fourth-order valence-corrected chi connectivity index (χ4v) is 1.70. The maximum Gasteiger partial charge on any atom is 0.309 e. The molecule has 88 valence electrons. The van der Waals surface area contributed by atoms with Crippen molar-refractivity contribution in [2.24, 2.45) is 0 Å². The van der Waals surface area contributed by atoms with Crippen molar-refractivity contribution in [1.82, 2.24) is 15.0 Å². The summed E-state index contributed by atoms with van der Waals surface area (Å²) in [5, 5.41) is 16.7. The van der Waals surface area contributed by atoms with Crippen molar-refractivity contribution in [2.45, 2.75) is 20.3 Å². The largest absolute Gasteiger partial charge is 0.481 e. The average Bonchev–Trinajstić information content (AvgIpc) is 2.61. The molecule has 0 saturated carbocycles. The van der Waals surface area contributed by atoms with Gasteiger partial charge in [-0.2, -0.15) is 0 Å². The highest BCUT2D eigenvalue weighted by molar-refractivity contribution is 5.69. The van der Waals surface area contributed by atoms with Gasteiger partial charge in [0.15, 0.2) is 0 Å². The van der Waals surface area contributed by atoms with Crippen molar-refractivity contribution in [3.8, 4) is 5.69 Å². The molecular formula is C12H13N3O2. The molecule has 0 aliphatic rings. The summed E-state index contributed by atoms with van der Waals surface area (Å²) in [7, 11) is 0. The first-order valence-electron chi connectivity index (χ1n) is 5.28. The molecule has 0 atom stereocenters. The topological polar surface area (TPSA) is 68.0 Å². The molecule has 17 heavy (non-hydrogen) atoms. The summed E-state index contributed by atoms with van der Waals surface area (Å²) in [6, 6.07) is 7.78. The molecule has 5 heteroatoms. The Bertz CT molecular complexity index is 561. The quantitative estimate of drug-likeness (QED) is 0.869. The Morgan fingerprint density at radius 3 is 2.71 bits per heavy atom. The molecular weight excluding hydrogens is 218 g/mol. The van der Waals surface area contributed by atoms with Crippen LogP contribution < -0.4 is 0 Å². The van der Waals surface area contributed by atoms with Crippen LogP contribution in [0.2, 0.25) is 0 Å². The van der Waals surface area contributed by atoms with Gasteiger partial charge in [0.1, 0.15) is 0 Å². The van der Waals surface area contributed by atoms with Crippen LogP contribution in [0.1, 0.15) is 17.0 Å². The summed E-state index contributed by atoms with van der Waals surface area (Å²) in [5.41, 5.74) is 3.26. The van der Waals surface area contributed by atoms with E-state index < -0.39 is 5.97 Å². The Balaban J connectivity index is 2.44. The van der Waals surface area contributed by atoms with E-state index in [9.17, 15) is 4.79 Å². The summed E-state index contributed by atoms with van der Waals surface area (Å²) in [6.07, 6.45) is -0.0995. The van der Waals surface area contributed by atoms with Crippen LogP contribution in [0, 0.1) is 13.8 Å². The van der Waals surface area contributed by atoms with Gasteiger partial charge in [-0.25, -0.2) is 4.68 Å². The number of nitrogens with zero attached hydrogens (tertiary/aromatic N) is 3. The Labute approximate surface area is 98.7 Å². The van der Waals surface area contributed by atoms with E-state index in [0.717, 1.165) is 16.9 Å². The molecule has 2 rings (SSSR count). The van der Waals surface area contributed by atoms with E-state index in [-0.39, 0.29) is 6.42 Å². The second-order valence-corrected chi connectivity index (χ2v) is 3.89. The first kappa shape index (κ1) is 11.3. The van der Waals surface area contributed by atoms with E-state index in [1.165, 1.54) is 0 Å². The third-order valence-corrected chi connectivity index (χ3v) is 2.65. The molecule has 2 aromatic rings. The number of aliphatic carboxylic acids is 1. The molecule has 0 amide bonds. The Morgan fingerprint density at radius 2 is 2.06 bits per heavy atom. The molecule has 0 aliphatic carbocycles. The van der Waals surface area contributed by atoms with Gasteiger partial charge < -0.3 is 5.11 Å². The van der Waals surface area contributed by atoms with Gasteiger partial charge in [0.25, 0.3) is 0 Å². The van der Waals surface area contributed by atoms with Crippen molar-refractivity contribution in [3.05, 3.63) is 41.2 Å². The fraction of sp³-hybridized carbons (Fsp3) is 0.250. The number of carboxylic acid groups (broad SMARTS) is 1. The van der Waals surface area contributed by atoms with Crippen LogP contribution in [0.3, 0.4) is 0 Å². The van der Waals surface area contributed by atoms with Gasteiger partial charge in [0, 0.05) is 0 Å². The van der Waals surface area contributed by atoms with Gasteiger partial charge in [-0.15, -0.1) is 5.10 Å². The van der Waals surface area contributed by atoms with Gasteiger partial charge in [0.05, 0.1) is 23.5 Å². The summed E-state index contributed by atoms with van der Waals surface area (Å²) < 4.78 is 1.67. The first-order chi connectivity index (χ1) is 8.09. The molecule has 0 bridgehead atoms. The third-order valence-electron chi connectivity index (χ3n) is 2.65. The predicted molar refractivity (Wildman–Crippen MR) is 62.2 cm³/mol. The molecule has 1 N–H and O–H groups in total. The van der Waals surface area contributed by atoms with Gasteiger partial charge in [0.2, 0.25) is 0 Å². The van der Waals surface area contributed by atoms with Crippen molar-refractivity contribution in [2.75, 3.05) is 0 Å². The molecule has 5 nitrogen and oxygen atoms in total. The van der Waals surface area contributed by atoms with Gasteiger partial charge in [-0.1, -0.05) is 23.4 Å². The molecule has 0 aliphatic heterocycles. The smallest absolute Gasteiger partial charge is 0.309 e. The molecule has 1 heterocycles. The Hall–Kier alpha value is -2.17. The van der Waals surface area contributed by atoms with E-state index in [1.54, 1.807) is 4.68 Å². The lowest BCUT2D eigenvalue weighted by atomic mass is 10.2. The number of aryl methyl sites for hydroxylation is 1. The van der Waals surface area contributed by atoms with Crippen LogP contribution in [0.25, 0.3) is 5.69 Å². The lowest BCUT2D eigenvalue weighted by molar-refractivity contribution is -0.136. The Morgan fingerprint density at radius 1 is 1.35 bits per heavy atom. The van der Waals surface area contributed by atoms with Gasteiger partial charge in [-0.05, 0) is 25.5 Å². The first-order valence-corrected chi connectivity index (χ1v) is 5.28. The number of carbonyl (C=O) groups is 1. The second-order valence-electron chi connectivity index (χ2n) is 3.89. The zero-order valence-corrected chi connectivity index (χ0v) is 9.71. The summed E-state index contributed by atoms with van der Waals surface area (Å²) in [4.78, 5) is 10.7. The predicted octanol–water partition coefficient (Wildman–Crippen LogP) is 1.51. The van der Waals surface area contributed by atoms with Crippen LogP contribution in [-0.4, -0.2) is 26.1 Å². The Kier molecular flexibility index (Phi) is 2.91. The number of hydrogen-bond donors (Lipinski definition) is 1. The average molecular weight is 231 g/mol. The van der Waals surface area contributed by atoms with E-state index in [2.05, 4.69) is 10.3 Å². The van der Waals surface area contributed by atoms with Crippen LogP contribution in [-0.2, 0) is 11.2 Å². The molecule has 1 aromatic carbocycles. The van der Waals surface area contributed by atoms with Crippen LogP contribution in [0.5, 0.6) is 0 Å². The highest BCUT2D eigenvalue weighted by atomic mass is 16.4. The van der Waals surface area contributed by atoms with Crippen molar-refractivity contribution >= 4 is 5.97 Å². The molecule has 1 aromatic heterocycles. The summed E-state index contributed by atoms with van der Waals surface area (Å²) in [5.74, 6) is -0.898. The van der Waals surface area contributed by atoms with Crippen molar-refractivity contribution in [3.63, 3.8) is 0 Å². The highest BCUT2D eigenvalue weighted by Gasteiger charge is 2.13. The van der Waals surface area contributed by atoms with E-state index >= 15 is 0 Å². The standard InChI is InChI=1S/C12H13N3O2/c1-8-5-3-4-6-11(8)15-9(2)10(13-14-15)7-12(16)17/h3-6H,7H2,1-2H3,(H,16,17). The second kappa shape index (κ2) is 4.37.